The van der Waals surface area contributed by atoms with Crippen molar-refractivity contribution in [3.05, 3.63) is 65.2 Å². The molecule has 0 fully saturated rings. The van der Waals surface area contributed by atoms with Crippen molar-refractivity contribution in [2.45, 2.75) is 39.2 Å². The molecule has 4 heteroatoms. The fraction of sp³-hybridized carbons (Fsp3) is 0.350. The van der Waals surface area contributed by atoms with Crippen LogP contribution in [0.25, 0.3) is 0 Å². The van der Waals surface area contributed by atoms with Crippen molar-refractivity contribution in [2.75, 3.05) is 6.54 Å². The van der Waals surface area contributed by atoms with E-state index in [1.807, 2.05) is 50.2 Å². The maximum atomic E-state index is 12.4. The maximum absolute atomic E-state index is 12.4. The van der Waals surface area contributed by atoms with Gasteiger partial charge in [0.05, 0.1) is 13.2 Å². The van der Waals surface area contributed by atoms with Gasteiger partial charge in [-0.05, 0) is 30.7 Å². The van der Waals surface area contributed by atoms with E-state index in [1.54, 1.807) is 0 Å². The van der Waals surface area contributed by atoms with Crippen LogP contribution in [-0.2, 0) is 11.3 Å². The van der Waals surface area contributed by atoms with E-state index in [0.29, 0.717) is 18.7 Å². The van der Waals surface area contributed by atoms with E-state index < -0.39 is 5.79 Å². The summed E-state index contributed by atoms with van der Waals surface area (Å²) >= 11 is 0. The molecule has 2 aromatic rings. The van der Waals surface area contributed by atoms with E-state index in [9.17, 15) is 4.79 Å². The fourth-order valence-corrected chi connectivity index (χ4v) is 2.72. The van der Waals surface area contributed by atoms with Crippen LogP contribution in [0.3, 0.4) is 0 Å². The molecule has 0 aromatic heterocycles. The van der Waals surface area contributed by atoms with Gasteiger partial charge in [-0.3, -0.25) is 4.79 Å². The maximum Gasteiger partial charge on any atom is 0.205 e. The fourth-order valence-electron chi connectivity index (χ4n) is 2.72. The van der Waals surface area contributed by atoms with Crippen LogP contribution in [0.4, 0.5) is 0 Å². The Morgan fingerprint density at radius 1 is 1.21 bits per heavy atom. The topological polar surface area (TPSA) is 47.6 Å². The number of carbonyl (C=O) groups is 1. The molecule has 0 aliphatic carbocycles. The lowest BCUT2D eigenvalue weighted by Crippen LogP contribution is -2.35. The van der Waals surface area contributed by atoms with Gasteiger partial charge in [0.25, 0.3) is 0 Å². The van der Waals surface area contributed by atoms with Gasteiger partial charge < -0.3 is 14.8 Å². The second-order valence-corrected chi connectivity index (χ2v) is 6.55. The first-order valence-electron chi connectivity index (χ1n) is 8.22. The summed E-state index contributed by atoms with van der Waals surface area (Å²) in [6, 6.07) is 15.8. The molecular weight excluding hydrogens is 302 g/mol. The number of fused-ring (bicyclic) bond motifs is 1. The van der Waals surface area contributed by atoms with E-state index in [4.69, 9.17) is 9.47 Å². The molecule has 0 radical (unpaired) electrons. The molecule has 0 amide bonds. The monoisotopic (exact) mass is 325 g/mol. The lowest BCUT2D eigenvalue weighted by molar-refractivity contribution is -0.180. The molecule has 1 N–H and O–H groups in total. The average Bonchev–Trinajstić information content (AvgIpc) is 2.59. The average molecular weight is 325 g/mol. The first kappa shape index (κ1) is 16.7. The predicted molar refractivity (Wildman–Crippen MR) is 93.1 cm³/mol. The summed E-state index contributed by atoms with van der Waals surface area (Å²) in [4.78, 5) is 12.4. The number of hydrogen-bond acceptors (Lipinski definition) is 4. The zero-order valence-corrected chi connectivity index (χ0v) is 14.3. The molecule has 1 aliphatic rings. The second kappa shape index (κ2) is 6.75. The molecule has 0 spiro atoms. The Morgan fingerprint density at radius 2 is 1.96 bits per heavy atom. The molecule has 1 aliphatic heterocycles. The zero-order chi connectivity index (χ0) is 17.2. The Kier molecular flexibility index (Phi) is 4.69. The van der Waals surface area contributed by atoms with Gasteiger partial charge in [-0.25, -0.2) is 0 Å². The van der Waals surface area contributed by atoms with E-state index in [1.165, 1.54) is 5.56 Å². The van der Waals surface area contributed by atoms with Crippen LogP contribution >= 0.6 is 0 Å². The molecule has 1 unspecified atom stereocenters. The third-order valence-corrected chi connectivity index (χ3v) is 4.18. The minimum Gasteiger partial charge on any atom is -0.463 e. The first-order chi connectivity index (χ1) is 11.4. The summed E-state index contributed by atoms with van der Waals surface area (Å²) in [5.41, 5.74) is 2.75. The van der Waals surface area contributed by atoms with Crippen molar-refractivity contribution in [1.82, 2.24) is 5.32 Å². The summed E-state index contributed by atoms with van der Waals surface area (Å²) in [7, 11) is 0. The Labute approximate surface area is 142 Å². The Bertz CT molecular complexity index is 725. The smallest absolute Gasteiger partial charge is 0.205 e. The van der Waals surface area contributed by atoms with E-state index >= 15 is 0 Å². The number of hydrogen-bond donors (Lipinski definition) is 1. The van der Waals surface area contributed by atoms with Crippen molar-refractivity contribution in [1.29, 1.82) is 0 Å². The summed E-state index contributed by atoms with van der Waals surface area (Å²) in [5.74, 6) is 0.226. The SMILES string of the molecule is CC(NCC(=O)c1ccc2c(c1)COC(C)(C)O2)c1ccccc1. The van der Waals surface area contributed by atoms with Crippen LogP contribution in [0.2, 0.25) is 0 Å². The van der Waals surface area contributed by atoms with Gasteiger partial charge in [0.15, 0.2) is 5.78 Å². The minimum absolute atomic E-state index is 0.0606. The number of nitrogens with one attached hydrogen (secondary N) is 1. The molecule has 126 valence electrons. The zero-order valence-electron chi connectivity index (χ0n) is 14.3. The third kappa shape index (κ3) is 3.83. The summed E-state index contributed by atoms with van der Waals surface area (Å²) in [6.45, 7) is 6.56. The van der Waals surface area contributed by atoms with E-state index in [-0.39, 0.29) is 11.8 Å². The normalized spacial score (nSPS) is 16.8. The number of benzene rings is 2. The van der Waals surface area contributed by atoms with Gasteiger partial charge in [-0.15, -0.1) is 0 Å². The van der Waals surface area contributed by atoms with Gasteiger partial charge in [-0.1, -0.05) is 30.3 Å². The number of ether oxygens (including phenoxy) is 2. The molecule has 0 saturated carbocycles. The molecule has 0 bridgehead atoms. The predicted octanol–water partition coefficient (Wildman–Crippen LogP) is 3.87. The highest BCUT2D eigenvalue weighted by Crippen LogP contribution is 2.31. The molecule has 1 heterocycles. The van der Waals surface area contributed by atoms with Crippen molar-refractivity contribution >= 4 is 5.78 Å². The third-order valence-electron chi connectivity index (χ3n) is 4.18. The van der Waals surface area contributed by atoms with Crippen LogP contribution in [0.15, 0.2) is 48.5 Å². The molecular formula is C20H23NO3. The highest BCUT2D eigenvalue weighted by atomic mass is 16.7. The van der Waals surface area contributed by atoms with Crippen LogP contribution in [0.1, 0.15) is 48.3 Å². The van der Waals surface area contributed by atoms with Crippen LogP contribution in [0.5, 0.6) is 5.75 Å². The quantitative estimate of drug-likeness (QED) is 0.848. The molecule has 3 rings (SSSR count). The van der Waals surface area contributed by atoms with Crippen molar-refractivity contribution in [3.63, 3.8) is 0 Å². The Balaban J connectivity index is 1.64. The van der Waals surface area contributed by atoms with Crippen molar-refractivity contribution in [2.24, 2.45) is 0 Å². The first-order valence-corrected chi connectivity index (χ1v) is 8.22. The number of Topliss-reactive ketones (excluding diaryl/α,β-unsaturated/α-hetero) is 1. The van der Waals surface area contributed by atoms with Crippen LogP contribution in [0, 0.1) is 0 Å². The Hall–Kier alpha value is -2.17. The molecule has 1 atom stereocenters. The minimum atomic E-state index is -0.620. The van der Waals surface area contributed by atoms with Crippen LogP contribution in [-0.4, -0.2) is 18.1 Å². The number of ketones is 1. The highest BCUT2D eigenvalue weighted by molar-refractivity contribution is 5.98. The second-order valence-electron chi connectivity index (χ2n) is 6.55. The van der Waals surface area contributed by atoms with Gasteiger partial charge in [0.2, 0.25) is 5.79 Å². The molecule has 0 saturated heterocycles. The molecule has 24 heavy (non-hydrogen) atoms. The van der Waals surface area contributed by atoms with Gasteiger partial charge in [-0.2, -0.15) is 0 Å². The van der Waals surface area contributed by atoms with Gasteiger partial charge in [0.1, 0.15) is 5.75 Å². The summed E-state index contributed by atoms with van der Waals surface area (Å²) in [5, 5.41) is 3.28. The molecule has 4 nitrogen and oxygen atoms in total. The van der Waals surface area contributed by atoms with E-state index in [0.717, 1.165) is 11.3 Å². The number of rotatable bonds is 5. The van der Waals surface area contributed by atoms with Gasteiger partial charge in [0, 0.05) is 31.0 Å². The van der Waals surface area contributed by atoms with Crippen LogP contribution < -0.4 is 10.1 Å². The molecule has 2 aromatic carbocycles. The summed E-state index contributed by atoms with van der Waals surface area (Å²) in [6.07, 6.45) is 0. The lowest BCUT2D eigenvalue weighted by atomic mass is 10.0. The largest absolute Gasteiger partial charge is 0.463 e. The lowest BCUT2D eigenvalue weighted by Gasteiger charge is -2.32. The van der Waals surface area contributed by atoms with Gasteiger partial charge >= 0.3 is 0 Å². The highest BCUT2D eigenvalue weighted by Gasteiger charge is 2.27. The standard InChI is InChI=1S/C20H23NO3/c1-14(15-7-5-4-6-8-15)21-12-18(22)16-9-10-19-17(11-16)13-23-20(2,3)24-19/h4-11,14,21H,12-13H2,1-3H3. The Morgan fingerprint density at radius 3 is 2.71 bits per heavy atom. The summed E-state index contributed by atoms with van der Waals surface area (Å²) < 4.78 is 11.4. The number of carbonyl (C=O) groups excluding carboxylic acids is 1. The van der Waals surface area contributed by atoms with Crippen molar-refractivity contribution < 1.29 is 14.3 Å². The van der Waals surface area contributed by atoms with Crippen molar-refractivity contribution in [3.8, 4) is 5.75 Å². The van der Waals surface area contributed by atoms with E-state index in [2.05, 4.69) is 24.4 Å².